The second kappa shape index (κ2) is 10.6. The van der Waals surface area contributed by atoms with E-state index in [4.69, 9.17) is 24.4 Å². The Morgan fingerprint density at radius 3 is 2.55 bits per heavy atom. The van der Waals surface area contributed by atoms with Crippen LogP contribution in [0.3, 0.4) is 0 Å². The van der Waals surface area contributed by atoms with Gasteiger partial charge in [-0.25, -0.2) is 14.8 Å². The maximum atomic E-state index is 13.6. The highest BCUT2D eigenvalue weighted by atomic mass is 19.4. The number of benzene rings is 1. The Hall–Kier alpha value is -3.71. The van der Waals surface area contributed by atoms with Gasteiger partial charge in [-0.15, -0.1) is 0 Å². The lowest BCUT2D eigenvalue weighted by atomic mass is 10.1. The van der Waals surface area contributed by atoms with E-state index in [1.54, 1.807) is 19.9 Å². The number of hydrogen-bond acceptors (Lipinski definition) is 9. The summed E-state index contributed by atoms with van der Waals surface area (Å²) in [6.07, 6.45) is -4.81. The Balaban J connectivity index is 1.81. The lowest BCUT2D eigenvalue weighted by Gasteiger charge is -2.22. The zero-order valence-corrected chi connectivity index (χ0v) is 21.2. The van der Waals surface area contributed by atoms with Crippen LogP contribution in [0, 0.1) is 0 Å². The Morgan fingerprint density at radius 2 is 1.95 bits per heavy atom. The number of amides is 1. The van der Waals surface area contributed by atoms with Gasteiger partial charge in [-0.3, -0.25) is 4.79 Å². The first-order valence-corrected chi connectivity index (χ1v) is 11.8. The molecule has 2 aromatic heterocycles. The summed E-state index contributed by atoms with van der Waals surface area (Å²) in [4.78, 5) is 35.7. The lowest BCUT2D eigenvalue weighted by Crippen LogP contribution is -2.42. The highest BCUT2D eigenvalue weighted by Gasteiger charge is 2.43. The van der Waals surface area contributed by atoms with Gasteiger partial charge in [0.15, 0.2) is 11.5 Å². The fourth-order valence-electron chi connectivity index (χ4n) is 4.40. The highest BCUT2D eigenvalue weighted by Crippen LogP contribution is 2.38. The Morgan fingerprint density at radius 1 is 1.21 bits per heavy atom. The third kappa shape index (κ3) is 5.03. The summed E-state index contributed by atoms with van der Waals surface area (Å²) < 4.78 is 61.6. The molecule has 0 radical (unpaired) electrons. The molecule has 1 aliphatic rings. The van der Waals surface area contributed by atoms with Crippen LogP contribution in [0.15, 0.2) is 28.7 Å². The Kier molecular flexibility index (Phi) is 7.61. The van der Waals surface area contributed by atoms with Crippen molar-refractivity contribution >= 4 is 22.8 Å². The Labute approximate surface area is 215 Å². The fourth-order valence-corrected chi connectivity index (χ4v) is 4.40. The van der Waals surface area contributed by atoms with E-state index in [0.29, 0.717) is 0 Å². The molecule has 2 N–H and O–H groups in total. The number of carbonyl (C=O) groups is 2. The number of rotatable bonds is 7. The molecule has 0 spiro atoms. The Bertz CT molecular complexity index is 1360. The number of likely N-dealkylation sites (tertiary alicyclic amines) is 1. The molecule has 10 nitrogen and oxygen atoms in total. The van der Waals surface area contributed by atoms with Crippen molar-refractivity contribution in [2.75, 3.05) is 27.4 Å². The van der Waals surface area contributed by atoms with Crippen LogP contribution >= 0.6 is 0 Å². The standard InChI is InChI=1S/C25H27F3N4O6/c1-5-37-24(34)16-10-13(35-3)11-32(16)23(33)20-21(12(2)29)38-22(31-20)15-6-8-17(36-4)19-14(15)7-9-18(30-19)25(26,27)28/h6-9,12-13,16H,5,10-11,29H2,1-4H3/t12-,13+,16?/m0/s1. The molecule has 13 heteroatoms. The maximum absolute atomic E-state index is 13.6. The van der Waals surface area contributed by atoms with Crippen molar-refractivity contribution in [1.29, 1.82) is 0 Å². The van der Waals surface area contributed by atoms with Gasteiger partial charge in [0.1, 0.15) is 23.0 Å². The van der Waals surface area contributed by atoms with E-state index < -0.39 is 41.9 Å². The van der Waals surface area contributed by atoms with Crippen molar-refractivity contribution in [2.24, 2.45) is 5.73 Å². The summed E-state index contributed by atoms with van der Waals surface area (Å²) in [6, 6.07) is 3.39. The van der Waals surface area contributed by atoms with Crippen molar-refractivity contribution in [3.8, 4) is 17.2 Å². The van der Waals surface area contributed by atoms with Crippen LogP contribution in [0.1, 0.15) is 48.3 Å². The van der Waals surface area contributed by atoms with Crippen LogP contribution in [-0.4, -0.2) is 66.3 Å². The first-order chi connectivity index (χ1) is 18.0. The second-order valence-corrected chi connectivity index (χ2v) is 8.75. The van der Waals surface area contributed by atoms with Crippen LogP contribution in [0.5, 0.6) is 5.75 Å². The summed E-state index contributed by atoms with van der Waals surface area (Å²) >= 11 is 0. The number of nitrogens with two attached hydrogens (primary N) is 1. The summed E-state index contributed by atoms with van der Waals surface area (Å²) in [5, 5.41) is 0.263. The molecule has 4 rings (SSSR count). The van der Waals surface area contributed by atoms with Gasteiger partial charge < -0.3 is 29.3 Å². The summed E-state index contributed by atoms with van der Waals surface area (Å²) in [7, 11) is 2.80. The van der Waals surface area contributed by atoms with E-state index in [9.17, 15) is 22.8 Å². The van der Waals surface area contributed by atoms with Crippen LogP contribution in [0.4, 0.5) is 13.2 Å². The number of halogens is 3. The molecule has 1 fully saturated rings. The van der Waals surface area contributed by atoms with Crippen molar-refractivity contribution in [3.05, 3.63) is 41.4 Å². The highest BCUT2D eigenvalue weighted by molar-refractivity contribution is 5.99. The summed E-state index contributed by atoms with van der Waals surface area (Å²) in [5.74, 6) is -1.06. The minimum absolute atomic E-state index is 0.0509. The second-order valence-electron chi connectivity index (χ2n) is 8.75. The maximum Gasteiger partial charge on any atom is 0.433 e. The first-order valence-electron chi connectivity index (χ1n) is 11.8. The number of carbonyl (C=O) groups excluding carboxylic acids is 2. The number of esters is 1. The van der Waals surface area contributed by atoms with Crippen LogP contribution in [0.25, 0.3) is 22.4 Å². The molecule has 0 aliphatic carbocycles. The average molecular weight is 537 g/mol. The van der Waals surface area contributed by atoms with E-state index in [2.05, 4.69) is 9.97 Å². The molecular weight excluding hydrogens is 509 g/mol. The van der Waals surface area contributed by atoms with E-state index in [-0.39, 0.29) is 59.1 Å². The normalized spacial score (nSPS) is 18.6. The number of ether oxygens (including phenoxy) is 3. The minimum Gasteiger partial charge on any atom is -0.494 e. The van der Waals surface area contributed by atoms with Gasteiger partial charge in [0, 0.05) is 31.0 Å². The lowest BCUT2D eigenvalue weighted by molar-refractivity contribution is -0.147. The number of alkyl halides is 3. The molecule has 1 amide bonds. The quantitative estimate of drug-likeness (QED) is 0.449. The van der Waals surface area contributed by atoms with E-state index >= 15 is 0 Å². The predicted molar refractivity (Wildman–Crippen MR) is 128 cm³/mol. The van der Waals surface area contributed by atoms with Gasteiger partial charge in [0.2, 0.25) is 5.89 Å². The molecule has 0 bridgehead atoms. The minimum atomic E-state index is -4.66. The summed E-state index contributed by atoms with van der Waals surface area (Å²) in [5.41, 5.74) is 5.10. The third-order valence-corrected chi connectivity index (χ3v) is 6.25. The van der Waals surface area contributed by atoms with Gasteiger partial charge in [0.05, 0.1) is 25.9 Å². The molecular formula is C25H27F3N4O6. The van der Waals surface area contributed by atoms with Crippen LogP contribution in [-0.2, 0) is 20.4 Å². The van der Waals surface area contributed by atoms with E-state index in [0.717, 1.165) is 6.07 Å². The molecule has 204 valence electrons. The topological polar surface area (TPSA) is 130 Å². The SMILES string of the molecule is CCOC(=O)C1C[C@@H](OC)CN1C(=O)c1nc(-c2ccc(OC)c3nc(C(F)(F)F)ccc23)oc1[C@H](C)N. The number of aromatic nitrogens is 2. The zero-order chi connectivity index (χ0) is 27.8. The van der Waals surface area contributed by atoms with Gasteiger partial charge in [0.25, 0.3) is 5.91 Å². The predicted octanol–water partition coefficient (Wildman–Crippen LogP) is 3.73. The molecule has 1 unspecified atom stereocenters. The number of fused-ring (bicyclic) bond motifs is 1. The van der Waals surface area contributed by atoms with Gasteiger partial charge in [-0.05, 0) is 38.1 Å². The fraction of sp³-hybridized carbons (Fsp3) is 0.440. The number of hydrogen-bond donors (Lipinski definition) is 1. The molecule has 3 atom stereocenters. The number of methoxy groups -OCH3 is 2. The molecule has 1 aromatic carbocycles. The van der Waals surface area contributed by atoms with E-state index in [1.807, 2.05) is 0 Å². The van der Waals surface area contributed by atoms with Crippen LogP contribution < -0.4 is 10.5 Å². The third-order valence-electron chi connectivity index (χ3n) is 6.25. The molecule has 1 aliphatic heterocycles. The van der Waals surface area contributed by atoms with Crippen molar-refractivity contribution in [3.63, 3.8) is 0 Å². The van der Waals surface area contributed by atoms with E-state index in [1.165, 1.54) is 31.3 Å². The van der Waals surface area contributed by atoms with Crippen LogP contribution in [0.2, 0.25) is 0 Å². The van der Waals surface area contributed by atoms with Gasteiger partial charge in [-0.1, -0.05) is 0 Å². The zero-order valence-electron chi connectivity index (χ0n) is 21.2. The summed E-state index contributed by atoms with van der Waals surface area (Å²) in [6.45, 7) is 3.52. The number of oxazole rings is 1. The van der Waals surface area contributed by atoms with Gasteiger partial charge in [-0.2, -0.15) is 13.2 Å². The first kappa shape index (κ1) is 27.3. The number of nitrogens with zero attached hydrogens (tertiary/aromatic N) is 3. The van der Waals surface area contributed by atoms with Crippen molar-refractivity contribution < 1.29 is 41.4 Å². The average Bonchev–Trinajstić information content (AvgIpc) is 3.52. The van der Waals surface area contributed by atoms with Crippen molar-refractivity contribution in [1.82, 2.24) is 14.9 Å². The molecule has 38 heavy (non-hydrogen) atoms. The number of pyridine rings is 1. The van der Waals surface area contributed by atoms with Crippen molar-refractivity contribution in [2.45, 2.75) is 44.6 Å². The molecule has 3 aromatic rings. The monoisotopic (exact) mass is 536 g/mol. The molecule has 1 saturated heterocycles. The molecule has 0 saturated carbocycles. The molecule has 3 heterocycles. The smallest absolute Gasteiger partial charge is 0.433 e. The van der Waals surface area contributed by atoms with Gasteiger partial charge >= 0.3 is 12.1 Å². The largest absolute Gasteiger partial charge is 0.494 e.